The molecule has 8 heteroatoms. The fourth-order valence-corrected chi connectivity index (χ4v) is 2.12. The highest BCUT2D eigenvalue weighted by Crippen LogP contribution is 2.22. The van der Waals surface area contributed by atoms with Crippen molar-refractivity contribution in [3.8, 4) is 5.75 Å². The molecule has 0 spiro atoms. The average molecular weight is 382 g/mol. The lowest BCUT2D eigenvalue weighted by Crippen LogP contribution is -2.39. The van der Waals surface area contributed by atoms with Gasteiger partial charge < -0.3 is 21.3 Å². The van der Waals surface area contributed by atoms with Crippen LogP contribution in [0.15, 0.2) is 53.8 Å². The number of aliphatic carboxylic acids is 1. The van der Waals surface area contributed by atoms with Gasteiger partial charge in [0.15, 0.2) is 5.69 Å². The van der Waals surface area contributed by atoms with E-state index in [1.807, 2.05) is 30.3 Å². The summed E-state index contributed by atoms with van der Waals surface area (Å²) < 4.78 is 0. The number of carboxylic acid groups (broad SMARTS) is 1. The zero-order valence-corrected chi connectivity index (χ0v) is 15.6. The maximum absolute atomic E-state index is 12.2. The fraction of sp³-hybridized carbons (Fsp3) is 0.200. The van der Waals surface area contributed by atoms with E-state index < -0.39 is 17.3 Å². The Kier molecular flexibility index (Phi) is 6.49. The molecule has 0 radical (unpaired) electrons. The first kappa shape index (κ1) is 20.6. The lowest BCUT2D eigenvalue weighted by molar-refractivity contribution is -0.146. The van der Waals surface area contributed by atoms with E-state index in [4.69, 9.17) is 10.8 Å². The largest absolute Gasteiger partial charge is 0.505 e. The second-order valence-corrected chi connectivity index (χ2v) is 6.68. The van der Waals surface area contributed by atoms with E-state index in [1.165, 1.54) is 38.5 Å². The maximum Gasteiger partial charge on any atom is 0.310 e. The number of aliphatic imine (C=N–C) groups is 1. The Hall–Kier alpha value is -3.68. The molecule has 28 heavy (non-hydrogen) atoms. The van der Waals surface area contributed by atoms with Crippen LogP contribution in [-0.4, -0.2) is 39.8 Å². The molecule has 5 N–H and O–H groups in total. The number of allylic oxidation sites excluding steroid dienone is 1. The van der Waals surface area contributed by atoms with Crippen molar-refractivity contribution in [2.24, 2.45) is 16.1 Å². The van der Waals surface area contributed by atoms with Crippen LogP contribution in [0.2, 0.25) is 0 Å². The summed E-state index contributed by atoms with van der Waals surface area (Å²) in [6, 6.07) is 10.6. The normalized spacial score (nSPS) is 12.1. The number of carbonyl (C=O) groups is 2. The molecule has 0 saturated heterocycles. The minimum absolute atomic E-state index is 0.109. The fourth-order valence-electron chi connectivity index (χ4n) is 2.12. The average Bonchev–Trinajstić information content (AvgIpc) is 2.67. The Morgan fingerprint density at radius 1 is 1.29 bits per heavy atom. The van der Waals surface area contributed by atoms with Crippen molar-refractivity contribution in [2.45, 2.75) is 13.8 Å². The SMILES string of the molecule is CC(C)(CNC(=O)c1ncc(C(C=Nc2ccccc2)=CN)cc1O)C(=O)O. The Bertz CT molecular complexity index is 921. The number of aromatic nitrogens is 1. The number of pyridine rings is 1. The predicted octanol–water partition coefficient (Wildman–Crippen LogP) is 2.33. The summed E-state index contributed by atoms with van der Waals surface area (Å²) in [6.07, 6.45) is 4.23. The van der Waals surface area contributed by atoms with Crippen LogP contribution in [0, 0.1) is 5.41 Å². The number of carboxylic acids is 1. The standard InChI is InChI=1S/C20H22N4O4/c1-20(2,19(27)28)12-24-18(26)17-16(25)8-13(10-23-17)14(9-21)11-22-15-6-4-3-5-7-15/h3-11,25H,12,21H2,1-2H3,(H,24,26)(H,27,28). The number of nitrogens with zero attached hydrogens (tertiary/aromatic N) is 2. The first-order valence-corrected chi connectivity index (χ1v) is 8.46. The number of rotatable bonds is 7. The number of carbonyl (C=O) groups excluding carboxylic acids is 1. The molecule has 0 bridgehead atoms. The quantitative estimate of drug-likeness (QED) is 0.542. The maximum atomic E-state index is 12.2. The number of benzene rings is 1. The predicted molar refractivity (Wildman–Crippen MR) is 106 cm³/mol. The molecule has 8 nitrogen and oxygen atoms in total. The van der Waals surface area contributed by atoms with Crippen molar-refractivity contribution >= 4 is 29.4 Å². The van der Waals surface area contributed by atoms with Gasteiger partial charge in [-0.1, -0.05) is 18.2 Å². The van der Waals surface area contributed by atoms with E-state index >= 15 is 0 Å². The number of nitrogens with one attached hydrogen (secondary N) is 1. The topological polar surface area (TPSA) is 138 Å². The highest BCUT2D eigenvalue weighted by atomic mass is 16.4. The third kappa shape index (κ3) is 5.16. The van der Waals surface area contributed by atoms with Gasteiger partial charge in [-0.15, -0.1) is 0 Å². The highest BCUT2D eigenvalue weighted by Gasteiger charge is 2.28. The van der Waals surface area contributed by atoms with Crippen molar-refractivity contribution < 1.29 is 19.8 Å². The van der Waals surface area contributed by atoms with Gasteiger partial charge in [0.1, 0.15) is 5.75 Å². The van der Waals surface area contributed by atoms with Crippen molar-refractivity contribution in [3.63, 3.8) is 0 Å². The molecule has 0 atom stereocenters. The van der Waals surface area contributed by atoms with E-state index in [0.29, 0.717) is 11.1 Å². The molecule has 146 valence electrons. The van der Waals surface area contributed by atoms with Gasteiger partial charge in [0.25, 0.3) is 5.91 Å². The molecule has 0 unspecified atom stereocenters. The van der Waals surface area contributed by atoms with Crippen LogP contribution in [0.1, 0.15) is 29.9 Å². The smallest absolute Gasteiger partial charge is 0.310 e. The van der Waals surface area contributed by atoms with Crippen molar-refractivity contribution in [3.05, 3.63) is 60.1 Å². The van der Waals surface area contributed by atoms with Crippen molar-refractivity contribution in [2.75, 3.05) is 6.54 Å². The van der Waals surface area contributed by atoms with Crippen LogP contribution in [0.4, 0.5) is 5.69 Å². The Morgan fingerprint density at radius 3 is 2.54 bits per heavy atom. The van der Waals surface area contributed by atoms with E-state index in [0.717, 1.165) is 5.69 Å². The molecular formula is C20H22N4O4. The van der Waals surface area contributed by atoms with Gasteiger partial charge in [-0.25, -0.2) is 4.98 Å². The van der Waals surface area contributed by atoms with Crippen molar-refractivity contribution in [1.29, 1.82) is 0 Å². The number of amides is 1. The molecule has 0 aliphatic rings. The molecule has 0 aliphatic carbocycles. The van der Waals surface area contributed by atoms with Gasteiger partial charge in [0, 0.05) is 36.3 Å². The first-order valence-electron chi connectivity index (χ1n) is 8.46. The summed E-state index contributed by atoms with van der Waals surface area (Å²) in [5, 5.41) is 21.7. The number of hydrogen-bond donors (Lipinski definition) is 4. The second-order valence-electron chi connectivity index (χ2n) is 6.68. The van der Waals surface area contributed by atoms with Crippen LogP contribution in [0.5, 0.6) is 5.75 Å². The summed E-state index contributed by atoms with van der Waals surface area (Å²) in [7, 11) is 0. The molecule has 1 heterocycles. The van der Waals surface area contributed by atoms with Gasteiger partial charge in [-0.05, 0) is 32.0 Å². The molecule has 2 aromatic rings. The van der Waals surface area contributed by atoms with E-state index in [-0.39, 0.29) is 18.0 Å². The Morgan fingerprint density at radius 2 is 1.96 bits per heavy atom. The summed E-state index contributed by atoms with van der Waals surface area (Å²) in [4.78, 5) is 31.6. The molecule has 0 saturated carbocycles. The lowest BCUT2D eigenvalue weighted by atomic mass is 9.94. The molecule has 0 fully saturated rings. The molecular weight excluding hydrogens is 360 g/mol. The monoisotopic (exact) mass is 382 g/mol. The van der Waals surface area contributed by atoms with E-state index in [2.05, 4.69) is 15.3 Å². The lowest BCUT2D eigenvalue weighted by Gasteiger charge is -2.19. The molecule has 1 aromatic carbocycles. The minimum atomic E-state index is -1.14. The van der Waals surface area contributed by atoms with Crippen molar-refractivity contribution in [1.82, 2.24) is 10.3 Å². The van der Waals surface area contributed by atoms with Crippen LogP contribution in [0.3, 0.4) is 0 Å². The van der Waals surface area contributed by atoms with E-state index in [1.54, 1.807) is 0 Å². The summed E-state index contributed by atoms with van der Waals surface area (Å²) >= 11 is 0. The third-order valence-electron chi connectivity index (χ3n) is 3.97. The zero-order chi connectivity index (χ0) is 20.7. The number of para-hydroxylation sites is 1. The Balaban J connectivity index is 2.15. The summed E-state index contributed by atoms with van der Waals surface area (Å²) in [5.41, 5.74) is 6.00. The zero-order valence-electron chi connectivity index (χ0n) is 15.6. The molecule has 2 rings (SSSR count). The summed E-state index contributed by atoms with van der Waals surface area (Å²) in [6.45, 7) is 2.86. The van der Waals surface area contributed by atoms with Gasteiger partial charge in [-0.2, -0.15) is 0 Å². The molecule has 1 amide bonds. The summed E-state index contributed by atoms with van der Waals surface area (Å²) in [5.74, 6) is -2.07. The first-order chi connectivity index (χ1) is 13.2. The third-order valence-corrected chi connectivity index (χ3v) is 3.97. The number of aromatic hydroxyl groups is 1. The van der Waals surface area contributed by atoms with E-state index in [9.17, 15) is 14.7 Å². The highest BCUT2D eigenvalue weighted by molar-refractivity contribution is 6.10. The second kappa shape index (κ2) is 8.81. The Labute approximate surface area is 162 Å². The van der Waals surface area contributed by atoms with Gasteiger partial charge in [0.05, 0.1) is 11.1 Å². The van der Waals surface area contributed by atoms with Gasteiger partial charge in [0.2, 0.25) is 0 Å². The minimum Gasteiger partial charge on any atom is -0.505 e. The number of nitrogens with two attached hydrogens (primary N) is 1. The van der Waals surface area contributed by atoms with Gasteiger partial charge in [-0.3, -0.25) is 14.6 Å². The van der Waals surface area contributed by atoms with Crippen LogP contribution in [-0.2, 0) is 4.79 Å². The number of hydrogen-bond acceptors (Lipinski definition) is 6. The van der Waals surface area contributed by atoms with Crippen LogP contribution in [0.25, 0.3) is 5.57 Å². The van der Waals surface area contributed by atoms with Crippen LogP contribution < -0.4 is 11.1 Å². The van der Waals surface area contributed by atoms with Gasteiger partial charge >= 0.3 is 5.97 Å². The molecule has 0 aliphatic heterocycles. The van der Waals surface area contributed by atoms with Crippen LogP contribution >= 0.6 is 0 Å². The molecule has 1 aromatic heterocycles.